The number of nitrogens with two attached hydrogens (primary N) is 1. The molecule has 0 saturated carbocycles. The third-order valence-corrected chi connectivity index (χ3v) is 3.77. The highest BCUT2D eigenvalue weighted by atomic mass is 19.4. The van der Waals surface area contributed by atoms with E-state index in [0.29, 0.717) is 18.0 Å². The van der Waals surface area contributed by atoms with Gasteiger partial charge in [0.15, 0.2) is 0 Å². The van der Waals surface area contributed by atoms with Crippen molar-refractivity contribution in [3.05, 3.63) is 35.4 Å². The van der Waals surface area contributed by atoms with Gasteiger partial charge in [-0.1, -0.05) is 24.3 Å². The molecule has 1 saturated heterocycles. The second-order valence-electron chi connectivity index (χ2n) is 5.28. The molecule has 0 radical (unpaired) electrons. The molecule has 0 amide bonds. The van der Waals surface area contributed by atoms with Crippen LogP contribution in [0.15, 0.2) is 24.3 Å². The summed E-state index contributed by atoms with van der Waals surface area (Å²) in [6, 6.07) is 6.90. The van der Waals surface area contributed by atoms with Crippen LogP contribution in [0, 0.1) is 5.92 Å². The highest BCUT2D eigenvalue weighted by molar-refractivity contribution is 5.31. The Kier molecular flexibility index (Phi) is 4.16. The molecule has 0 aromatic heterocycles. The summed E-state index contributed by atoms with van der Waals surface area (Å²) in [5.74, 6) is 0.369. The number of alkyl halides is 3. The van der Waals surface area contributed by atoms with Crippen molar-refractivity contribution in [2.45, 2.75) is 25.1 Å². The fourth-order valence-electron chi connectivity index (χ4n) is 2.88. The van der Waals surface area contributed by atoms with Gasteiger partial charge in [0, 0.05) is 12.6 Å². The molecule has 5 heteroatoms. The fraction of sp³-hybridized carbons (Fsp3) is 0.571. The van der Waals surface area contributed by atoms with Gasteiger partial charge in [-0.3, -0.25) is 4.90 Å². The molecule has 2 nitrogen and oxygen atoms in total. The molecule has 1 heterocycles. The minimum absolute atomic E-state index is 0.0482. The van der Waals surface area contributed by atoms with Crippen molar-refractivity contribution in [2.24, 2.45) is 11.7 Å². The van der Waals surface area contributed by atoms with E-state index in [9.17, 15) is 13.2 Å². The van der Waals surface area contributed by atoms with Crippen LogP contribution in [0.5, 0.6) is 0 Å². The van der Waals surface area contributed by atoms with Crippen LogP contribution in [0.1, 0.15) is 23.6 Å². The van der Waals surface area contributed by atoms with E-state index in [2.05, 4.69) is 4.90 Å². The Labute approximate surface area is 111 Å². The zero-order valence-electron chi connectivity index (χ0n) is 11.0. The van der Waals surface area contributed by atoms with Gasteiger partial charge in [0.05, 0.1) is 6.42 Å². The first-order chi connectivity index (χ1) is 8.90. The lowest BCUT2D eigenvalue weighted by molar-refractivity contribution is -0.127. The van der Waals surface area contributed by atoms with Crippen molar-refractivity contribution < 1.29 is 13.2 Å². The summed E-state index contributed by atoms with van der Waals surface area (Å²) in [4.78, 5) is 2.10. The summed E-state index contributed by atoms with van der Waals surface area (Å²) in [5, 5.41) is 0. The number of likely N-dealkylation sites (tertiary alicyclic amines) is 1. The lowest BCUT2D eigenvalue weighted by Gasteiger charge is -2.23. The molecule has 19 heavy (non-hydrogen) atoms. The molecule has 0 spiro atoms. The molecule has 1 aromatic rings. The number of hydrogen-bond donors (Lipinski definition) is 1. The van der Waals surface area contributed by atoms with Crippen molar-refractivity contribution in [3.8, 4) is 0 Å². The quantitative estimate of drug-likeness (QED) is 0.916. The molecule has 1 aliphatic heterocycles. The van der Waals surface area contributed by atoms with Crippen molar-refractivity contribution in [2.75, 3.05) is 20.1 Å². The van der Waals surface area contributed by atoms with E-state index in [1.54, 1.807) is 24.3 Å². The Morgan fingerprint density at radius 1 is 1.32 bits per heavy atom. The lowest BCUT2D eigenvalue weighted by Crippen LogP contribution is -2.22. The van der Waals surface area contributed by atoms with Crippen LogP contribution in [-0.4, -0.2) is 31.2 Å². The zero-order chi connectivity index (χ0) is 14.0. The largest absolute Gasteiger partial charge is 0.393 e. The van der Waals surface area contributed by atoms with Gasteiger partial charge in [-0.2, -0.15) is 13.2 Å². The van der Waals surface area contributed by atoms with Crippen molar-refractivity contribution >= 4 is 0 Å². The molecule has 2 rings (SSSR count). The number of halogens is 3. The van der Waals surface area contributed by atoms with E-state index in [1.165, 1.54) is 0 Å². The minimum atomic E-state index is -4.17. The van der Waals surface area contributed by atoms with Gasteiger partial charge < -0.3 is 5.73 Å². The molecule has 2 N–H and O–H groups in total. The summed E-state index contributed by atoms with van der Waals surface area (Å²) >= 11 is 0. The topological polar surface area (TPSA) is 29.3 Å². The summed E-state index contributed by atoms with van der Waals surface area (Å²) in [5.41, 5.74) is 6.84. The molecule has 1 aliphatic rings. The van der Waals surface area contributed by atoms with Crippen molar-refractivity contribution in [1.29, 1.82) is 0 Å². The summed E-state index contributed by atoms with van der Waals surface area (Å²) in [7, 11) is 1.95. The fourth-order valence-corrected chi connectivity index (χ4v) is 2.88. The van der Waals surface area contributed by atoms with Crippen LogP contribution in [-0.2, 0) is 6.42 Å². The first kappa shape index (κ1) is 14.3. The standard InChI is InChI=1S/C14H19F3N2/c1-19-9-10(8-18)6-13(19)12-5-3-2-4-11(12)7-14(15,16)17/h2-5,10,13H,6-9,18H2,1H3. The third kappa shape index (κ3) is 3.48. The zero-order valence-corrected chi connectivity index (χ0v) is 11.0. The maximum atomic E-state index is 12.6. The lowest BCUT2D eigenvalue weighted by atomic mass is 9.94. The summed E-state index contributed by atoms with van der Waals surface area (Å²) < 4.78 is 37.8. The smallest absolute Gasteiger partial charge is 0.330 e. The third-order valence-electron chi connectivity index (χ3n) is 3.77. The van der Waals surface area contributed by atoms with Gasteiger partial charge in [0.25, 0.3) is 0 Å². The molecule has 1 fully saturated rings. The Hall–Kier alpha value is -1.07. The molecular weight excluding hydrogens is 253 g/mol. The van der Waals surface area contributed by atoms with E-state index in [0.717, 1.165) is 18.5 Å². The Bertz CT molecular complexity index is 431. The van der Waals surface area contributed by atoms with Crippen LogP contribution >= 0.6 is 0 Å². The van der Waals surface area contributed by atoms with E-state index < -0.39 is 12.6 Å². The number of benzene rings is 1. The van der Waals surface area contributed by atoms with Gasteiger partial charge in [-0.05, 0) is 37.1 Å². The van der Waals surface area contributed by atoms with Crippen LogP contribution in [0.3, 0.4) is 0 Å². The Balaban J connectivity index is 2.25. The molecule has 0 bridgehead atoms. The monoisotopic (exact) mass is 272 g/mol. The second kappa shape index (κ2) is 5.51. The van der Waals surface area contributed by atoms with Crippen molar-refractivity contribution in [1.82, 2.24) is 4.90 Å². The van der Waals surface area contributed by atoms with E-state index in [4.69, 9.17) is 5.73 Å². The molecule has 0 aliphatic carbocycles. The number of rotatable bonds is 3. The Morgan fingerprint density at radius 2 is 2.00 bits per heavy atom. The second-order valence-corrected chi connectivity index (χ2v) is 5.28. The van der Waals surface area contributed by atoms with Crippen molar-refractivity contribution in [3.63, 3.8) is 0 Å². The molecule has 106 valence electrons. The Morgan fingerprint density at radius 3 is 2.58 bits per heavy atom. The van der Waals surface area contributed by atoms with Crippen LogP contribution in [0.4, 0.5) is 13.2 Å². The minimum Gasteiger partial charge on any atom is -0.330 e. The molecule has 2 unspecified atom stereocenters. The highest BCUT2D eigenvalue weighted by Gasteiger charge is 2.34. The molecule has 2 atom stereocenters. The average molecular weight is 272 g/mol. The van der Waals surface area contributed by atoms with Gasteiger partial charge in [0.2, 0.25) is 0 Å². The number of nitrogens with zero attached hydrogens (tertiary/aromatic N) is 1. The van der Waals surface area contributed by atoms with Gasteiger partial charge in [-0.15, -0.1) is 0 Å². The van der Waals surface area contributed by atoms with Gasteiger partial charge in [0.1, 0.15) is 0 Å². The predicted molar refractivity (Wildman–Crippen MR) is 68.7 cm³/mol. The van der Waals surface area contributed by atoms with Crippen LogP contribution < -0.4 is 5.73 Å². The number of hydrogen-bond acceptors (Lipinski definition) is 2. The SMILES string of the molecule is CN1CC(CN)CC1c1ccccc1CC(F)(F)F. The first-order valence-corrected chi connectivity index (χ1v) is 6.45. The van der Waals surface area contributed by atoms with Gasteiger partial charge >= 0.3 is 6.18 Å². The average Bonchev–Trinajstić information content (AvgIpc) is 2.69. The van der Waals surface area contributed by atoms with Crippen LogP contribution in [0.2, 0.25) is 0 Å². The predicted octanol–water partition coefficient (Wildman–Crippen LogP) is 2.74. The maximum Gasteiger partial charge on any atom is 0.393 e. The molecular formula is C14H19F3N2. The normalized spacial score (nSPS) is 24.9. The van der Waals surface area contributed by atoms with E-state index in [1.807, 2.05) is 7.05 Å². The summed E-state index contributed by atoms with van der Waals surface area (Å²) in [6.45, 7) is 1.43. The maximum absolute atomic E-state index is 12.6. The summed E-state index contributed by atoms with van der Waals surface area (Å²) in [6.07, 6.45) is -4.19. The van der Waals surface area contributed by atoms with E-state index in [-0.39, 0.29) is 6.04 Å². The van der Waals surface area contributed by atoms with Gasteiger partial charge in [-0.25, -0.2) is 0 Å². The van der Waals surface area contributed by atoms with E-state index >= 15 is 0 Å². The van der Waals surface area contributed by atoms with Crippen LogP contribution in [0.25, 0.3) is 0 Å². The molecule has 1 aromatic carbocycles. The highest BCUT2D eigenvalue weighted by Crippen LogP contribution is 2.36. The first-order valence-electron chi connectivity index (χ1n) is 6.45.